The van der Waals surface area contributed by atoms with Crippen molar-refractivity contribution in [1.29, 1.82) is 0 Å². The fourth-order valence-electron chi connectivity index (χ4n) is 3.12. The van der Waals surface area contributed by atoms with Gasteiger partial charge in [-0.05, 0) is 37.0 Å². The Labute approximate surface area is 210 Å². The highest BCUT2D eigenvalue weighted by Gasteiger charge is 2.23. The molecule has 0 fully saturated rings. The molecule has 0 saturated heterocycles. The number of carbonyl (C=O) groups is 5. The van der Waals surface area contributed by atoms with Crippen molar-refractivity contribution in [3.05, 3.63) is 29.8 Å². The Hall–Kier alpha value is -3.51. The summed E-state index contributed by atoms with van der Waals surface area (Å²) in [5.74, 6) is -2.23. The molecule has 1 aromatic carbocycles. The van der Waals surface area contributed by atoms with E-state index in [4.69, 9.17) is 16.6 Å². The average Bonchev–Trinajstić information content (AvgIpc) is 2.84. The van der Waals surface area contributed by atoms with E-state index in [0.29, 0.717) is 38.0 Å². The maximum absolute atomic E-state index is 12.8. The summed E-state index contributed by atoms with van der Waals surface area (Å²) < 4.78 is 0. The number of hydrogen-bond acceptors (Lipinski definition) is 7. The van der Waals surface area contributed by atoms with Gasteiger partial charge < -0.3 is 37.8 Å². The number of unbranched alkanes of at least 4 members (excludes halogenated alkanes) is 1. The Balaban J connectivity index is 2.53. The van der Waals surface area contributed by atoms with Crippen molar-refractivity contribution in [2.75, 3.05) is 25.0 Å². The molecule has 12 heteroatoms. The summed E-state index contributed by atoms with van der Waals surface area (Å²) in [5.41, 5.74) is 12.1. The summed E-state index contributed by atoms with van der Waals surface area (Å²) in [5, 5.41) is 19.9. The van der Waals surface area contributed by atoms with Gasteiger partial charge in [0, 0.05) is 44.5 Å². The van der Waals surface area contributed by atoms with Gasteiger partial charge in [0.25, 0.3) is 0 Å². The van der Waals surface area contributed by atoms with Gasteiger partial charge in [0.05, 0.1) is 6.61 Å². The number of hydrogen-bond donors (Lipinski definition) is 7. The third-order valence-electron chi connectivity index (χ3n) is 5.40. The molecule has 200 valence electrons. The number of anilines is 1. The van der Waals surface area contributed by atoms with Gasteiger partial charge >= 0.3 is 0 Å². The molecule has 1 rings (SSSR count). The average molecular weight is 507 g/mol. The van der Waals surface area contributed by atoms with Gasteiger partial charge in [-0.25, -0.2) is 0 Å². The zero-order valence-corrected chi connectivity index (χ0v) is 20.8. The van der Waals surface area contributed by atoms with E-state index in [1.54, 1.807) is 31.2 Å². The molecule has 0 aliphatic carbocycles. The molecule has 12 nitrogen and oxygen atoms in total. The SMILES string of the molecule is CC(=O)Nc1ccc(CC(NC(=O)C(N)CO)C(=O)NCCCCNC(=O)CCC(C)C(N)=O)cc1. The van der Waals surface area contributed by atoms with Crippen LogP contribution in [-0.2, 0) is 30.4 Å². The Morgan fingerprint density at radius 3 is 2.14 bits per heavy atom. The highest BCUT2D eigenvalue weighted by molar-refractivity contribution is 5.90. The summed E-state index contributed by atoms with van der Waals surface area (Å²) in [6, 6.07) is 4.77. The lowest BCUT2D eigenvalue weighted by Gasteiger charge is -2.20. The van der Waals surface area contributed by atoms with Crippen molar-refractivity contribution in [2.24, 2.45) is 17.4 Å². The molecule has 0 spiro atoms. The highest BCUT2D eigenvalue weighted by atomic mass is 16.3. The van der Waals surface area contributed by atoms with Gasteiger partial charge in [0.2, 0.25) is 29.5 Å². The highest BCUT2D eigenvalue weighted by Crippen LogP contribution is 2.12. The molecule has 3 unspecified atom stereocenters. The van der Waals surface area contributed by atoms with E-state index < -0.39 is 36.4 Å². The first-order valence-electron chi connectivity index (χ1n) is 11.9. The molecule has 0 aliphatic rings. The fraction of sp³-hybridized carbons (Fsp3) is 0.542. The Bertz CT molecular complexity index is 892. The third kappa shape index (κ3) is 12.3. The summed E-state index contributed by atoms with van der Waals surface area (Å²) in [6.07, 6.45) is 1.99. The van der Waals surface area contributed by atoms with Gasteiger partial charge in [-0.1, -0.05) is 19.1 Å². The number of nitrogens with one attached hydrogen (secondary N) is 4. The molecule has 5 amide bonds. The largest absolute Gasteiger partial charge is 0.394 e. The van der Waals surface area contributed by atoms with Crippen molar-refractivity contribution >= 4 is 35.2 Å². The molecule has 0 bridgehead atoms. The number of rotatable bonds is 16. The first-order valence-corrected chi connectivity index (χ1v) is 11.9. The molecule has 0 aromatic heterocycles. The van der Waals surface area contributed by atoms with Crippen LogP contribution in [0, 0.1) is 5.92 Å². The van der Waals surface area contributed by atoms with Crippen LogP contribution in [0.25, 0.3) is 0 Å². The predicted molar refractivity (Wildman–Crippen MR) is 134 cm³/mol. The molecule has 0 saturated carbocycles. The van der Waals surface area contributed by atoms with Crippen LogP contribution >= 0.6 is 0 Å². The van der Waals surface area contributed by atoms with E-state index in [1.165, 1.54) is 6.92 Å². The lowest BCUT2D eigenvalue weighted by molar-refractivity contribution is -0.130. The molecule has 9 N–H and O–H groups in total. The summed E-state index contributed by atoms with van der Waals surface area (Å²) in [4.78, 5) is 58.9. The number of benzene rings is 1. The van der Waals surface area contributed by atoms with Crippen LogP contribution in [-0.4, -0.2) is 66.4 Å². The standard InChI is InChI=1S/C24H38N6O6/c1-15(22(26)34)5-10-21(33)27-11-3-4-12-28-24(36)20(30-23(35)19(25)14-31)13-17-6-8-18(9-7-17)29-16(2)32/h6-9,15,19-20,31H,3-5,10-14,25H2,1-2H3,(H2,26,34)(H,27,33)(H,28,36)(H,29,32)(H,30,35). The van der Waals surface area contributed by atoms with Crippen LogP contribution in [0.2, 0.25) is 0 Å². The molecule has 0 heterocycles. The summed E-state index contributed by atoms with van der Waals surface area (Å²) in [6.45, 7) is 3.26. The zero-order valence-electron chi connectivity index (χ0n) is 20.8. The van der Waals surface area contributed by atoms with Gasteiger partial charge in [0.15, 0.2) is 0 Å². The molecule has 3 atom stereocenters. The summed E-state index contributed by atoms with van der Waals surface area (Å²) >= 11 is 0. The maximum Gasteiger partial charge on any atom is 0.242 e. The predicted octanol–water partition coefficient (Wildman–Crippen LogP) is -1.09. The lowest BCUT2D eigenvalue weighted by Crippen LogP contribution is -2.53. The number of aliphatic hydroxyl groups is 1. The molecular formula is C24H38N6O6. The molecule has 1 aromatic rings. The molecule has 0 radical (unpaired) electrons. The second-order valence-corrected chi connectivity index (χ2v) is 8.62. The molecule has 0 aliphatic heterocycles. The van der Waals surface area contributed by atoms with Crippen LogP contribution < -0.4 is 32.7 Å². The van der Waals surface area contributed by atoms with Crippen molar-refractivity contribution < 1.29 is 29.1 Å². The first kappa shape index (κ1) is 30.5. The van der Waals surface area contributed by atoms with E-state index in [-0.39, 0.29) is 30.6 Å². The van der Waals surface area contributed by atoms with Crippen LogP contribution in [0.5, 0.6) is 0 Å². The van der Waals surface area contributed by atoms with Gasteiger partial charge in [0.1, 0.15) is 12.1 Å². The van der Waals surface area contributed by atoms with E-state index in [9.17, 15) is 24.0 Å². The van der Waals surface area contributed by atoms with Gasteiger partial charge in [-0.2, -0.15) is 0 Å². The van der Waals surface area contributed by atoms with E-state index >= 15 is 0 Å². The summed E-state index contributed by atoms with van der Waals surface area (Å²) in [7, 11) is 0. The minimum absolute atomic E-state index is 0.167. The zero-order chi connectivity index (χ0) is 27.1. The normalized spacial score (nSPS) is 13.1. The minimum atomic E-state index is -1.16. The molecule has 36 heavy (non-hydrogen) atoms. The van der Waals surface area contributed by atoms with E-state index in [1.807, 2.05) is 0 Å². The van der Waals surface area contributed by atoms with E-state index in [2.05, 4.69) is 21.3 Å². The quantitative estimate of drug-likeness (QED) is 0.138. The second kappa shape index (κ2) is 16.2. The van der Waals surface area contributed by atoms with Gasteiger partial charge in [-0.3, -0.25) is 24.0 Å². The van der Waals surface area contributed by atoms with Crippen LogP contribution in [0.15, 0.2) is 24.3 Å². The van der Waals surface area contributed by atoms with E-state index in [0.717, 1.165) is 5.56 Å². The number of nitrogens with two attached hydrogens (primary N) is 2. The van der Waals surface area contributed by atoms with Crippen molar-refractivity contribution in [2.45, 2.75) is 58.0 Å². The number of carbonyl (C=O) groups excluding carboxylic acids is 5. The van der Waals surface area contributed by atoms with Crippen LogP contribution in [0.4, 0.5) is 5.69 Å². The smallest absolute Gasteiger partial charge is 0.242 e. The Morgan fingerprint density at radius 2 is 1.58 bits per heavy atom. The number of aliphatic hydroxyl groups excluding tert-OH is 1. The van der Waals surface area contributed by atoms with Crippen molar-refractivity contribution in [1.82, 2.24) is 16.0 Å². The first-order chi connectivity index (χ1) is 17.0. The van der Waals surface area contributed by atoms with Crippen molar-refractivity contribution in [3.63, 3.8) is 0 Å². The maximum atomic E-state index is 12.8. The van der Waals surface area contributed by atoms with Crippen LogP contribution in [0.3, 0.4) is 0 Å². The Morgan fingerprint density at radius 1 is 0.972 bits per heavy atom. The van der Waals surface area contributed by atoms with Gasteiger partial charge in [-0.15, -0.1) is 0 Å². The van der Waals surface area contributed by atoms with Crippen molar-refractivity contribution in [3.8, 4) is 0 Å². The Kier molecular flexibility index (Phi) is 13.7. The topological polar surface area (TPSA) is 206 Å². The monoisotopic (exact) mass is 506 g/mol. The third-order valence-corrected chi connectivity index (χ3v) is 5.40. The second-order valence-electron chi connectivity index (χ2n) is 8.62. The lowest BCUT2D eigenvalue weighted by atomic mass is 10.0. The van der Waals surface area contributed by atoms with Crippen LogP contribution in [0.1, 0.15) is 45.1 Å². The number of primary amides is 1. The molecular weight excluding hydrogens is 468 g/mol. The minimum Gasteiger partial charge on any atom is -0.394 e. The number of amides is 5. The fourth-order valence-corrected chi connectivity index (χ4v) is 3.12.